The van der Waals surface area contributed by atoms with Crippen LogP contribution in [0.4, 0.5) is 0 Å². The van der Waals surface area contributed by atoms with Crippen molar-refractivity contribution in [1.82, 2.24) is 24.8 Å². The average Bonchev–Trinajstić information content (AvgIpc) is 2.80. The van der Waals surface area contributed by atoms with Gasteiger partial charge in [0.2, 0.25) is 0 Å². The lowest BCUT2D eigenvalue weighted by molar-refractivity contribution is 0.454. The Hall–Kier alpha value is -1.75. The zero-order valence-electron chi connectivity index (χ0n) is 11.4. The zero-order valence-corrected chi connectivity index (χ0v) is 11.4. The Morgan fingerprint density at radius 3 is 2.79 bits per heavy atom. The van der Waals surface area contributed by atoms with E-state index in [9.17, 15) is 0 Å². The lowest BCUT2D eigenvalue weighted by Crippen LogP contribution is -2.29. The van der Waals surface area contributed by atoms with Crippen LogP contribution in [-0.4, -0.2) is 32.6 Å². The van der Waals surface area contributed by atoms with E-state index in [0.717, 1.165) is 36.0 Å². The van der Waals surface area contributed by atoms with Crippen LogP contribution in [-0.2, 0) is 7.05 Å². The quantitative estimate of drug-likeness (QED) is 0.889. The second-order valence-electron chi connectivity index (χ2n) is 5.08. The molecule has 0 aromatic carbocycles. The first-order chi connectivity index (χ1) is 9.27. The van der Waals surface area contributed by atoms with Crippen molar-refractivity contribution in [2.24, 2.45) is 7.05 Å². The molecule has 1 saturated heterocycles. The molecule has 3 rings (SSSR count). The molecule has 0 radical (unpaired) electrons. The second-order valence-corrected chi connectivity index (χ2v) is 5.08. The van der Waals surface area contributed by atoms with Crippen LogP contribution < -0.4 is 5.32 Å². The summed E-state index contributed by atoms with van der Waals surface area (Å²) in [5.41, 5.74) is 3.11. The first kappa shape index (κ1) is 12.3. The van der Waals surface area contributed by atoms with Crippen LogP contribution in [0, 0.1) is 6.92 Å². The molecule has 0 aliphatic carbocycles. The summed E-state index contributed by atoms with van der Waals surface area (Å²) in [5.74, 6) is 1.45. The van der Waals surface area contributed by atoms with Crippen LogP contribution >= 0.6 is 0 Å². The van der Waals surface area contributed by atoms with Crippen LogP contribution in [0.15, 0.2) is 18.6 Å². The van der Waals surface area contributed by atoms with Crippen LogP contribution in [0.25, 0.3) is 11.4 Å². The molecule has 0 amide bonds. The summed E-state index contributed by atoms with van der Waals surface area (Å²) in [6, 6.07) is 0. The van der Waals surface area contributed by atoms with Crippen molar-refractivity contribution < 1.29 is 0 Å². The maximum atomic E-state index is 4.59. The minimum atomic E-state index is 0.452. The smallest absolute Gasteiger partial charge is 0.110 e. The van der Waals surface area contributed by atoms with E-state index in [1.54, 1.807) is 12.4 Å². The third kappa shape index (κ3) is 2.26. The first-order valence-electron chi connectivity index (χ1n) is 6.77. The summed E-state index contributed by atoms with van der Waals surface area (Å²) in [7, 11) is 2.02. The van der Waals surface area contributed by atoms with Gasteiger partial charge in [-0.2, -0.15) is 0 Å². The minimum Gasteiger partial charge on any atom is -0.330 e. The fourth-order valence-corrected chi connectivity index (χ4v) is 2.65. The molecule has 5 nitrogen and oxygen atoms in total. The van der Waals surface area contributed by atoms with E-state index in [1.165, 1.54) is 12.8 Å². The Kier molecular flexibility index (Phi) is 3.29. The standard InChI is InChI=1S/C14H19N5/c1-10-18-9-12(19(10)2)14-13(16-6-7-17-14)11-4-3-5-15-8-11/h6-7,9,11,15H,3-5,8H2,1-2H3/t11-/m0/s1. The number of hydrogen-bond donors (Lipinski definition) is 1. The van der Waals surface area contributed by atoms with Gasteiger partial charge >= 0.3 is 0 Å². The minimum absolute atomic E-state index is 0.452. The van der Waals surface area contributed by atoms with Gasteiger partial charge in [-0.3, -0.25) is 9.97 Å². The second kappa shape index (κ2) is 5.09. The lowest BCUT2D eigenvalue weighted by atomic mass is 9.94. The van der Waals surface area contributed by atoms with Gasteiger partial charge < -0.3 is 9.88 Å². The molecule has 2 aromatic heterocycles. The molecule has 2 aromatic rings. The van der Waals surface area contributed by atoms with E-state index in [2.05, 4.69) is 24.8 Å². The van der Waals surface area contributed by atoms with E-state index in [4.69, 9.17) is 0 Å². The Balaban J connectivity index is 2.04. The number of rotatable bonds is 2. The van der Waals surface area contributed by atoms with E-state index < -0.39 is 0 Å². The summed E-state index contributed by atoms with van der Waals surface area (Å²) < 4.78 is 2.07. The van der Waals surface area contributed by atoms with Crippen molar-refractivity contribution in [3.05, 3.63) is 30.1 Å². The molecule has 100 valence electrons. The summed E-state index contributed by atoms with van der Waals surface area (Å²) >= 11 is 0. The predicted octanol–water partition coefficient (Wildman–Crippen LogP) is 1.65. The van der Waals surface area contributed by atoms with Crippen LogP contribution in [0.2, 0.25) is 0 Å². The number of hydrogen-bond acceptors (Lipinski definition) is 4. The SMILES string of the molecule is Cc1ncc(-c2nccnc2[C@H]2CCCNC2)n1C. The number of piperidine rings is 1. The van der Waals surface area contributed by atoms with Crippen molar-refractivity contribution in [2.75, 3.05) is 13.1 Å². The van der Waals surface area contributed by atoms with E-state index in [-0.39, 0.29) is 0 Å². The summed E-state index contributed by atoms with van der Waals surface area (Å²) in [6.07, 6.45) is 7.81. The Morgan fingerprint density at radius 2 is 2.11 bits per heavy atom. The fraction of sp³-hybridized carbons (Fsp3) is 0.500. The van der Waals surface area contributed by atoms with Crippen molar-refractivity contribution in [3.8, 4) is 11.4 Å². The van der Waals surface area contributed by atoms with Gasteiger partial charge in [0.05, 0.1) is 17.6 Å². The topological polar surface area (TPSA) is 55.6 Å². The number of imidazole rings is 1. The van der Waals surface area contributed by atoms with E-state index in [0.29, 0.717) is 5.92 Å². The third-order valence-corrected chi connectivity index (χ3v) is 3.87. The van der Waals surface area contributed by atoms with Gasteiger partial charge in [-0.05, 0) is 26.3 Å². The summed E-state index contributed by atoms with van der Waals surface area (Å²) in [4.78, 5) is 13.5. The Labute approximate surface area is 113 Å². The van der Waals surface area contributed by atoms with Crippen LogP contribution in [0.5, 0.6) is 0 Å². The molecular weight excluding hydrogens is 238 g/mol. The van der Waals surface area contributed by atoms with Gasteiger partial charge in [-0.15, -0.1) is 0 Å². The van der Waals surface area contributed by atoms with Gasteiger partial charge in [0.25, 0.3) is 0 Å². The first-order valence-corrected chi connectivity index (χ1v) is 6.77. The number of aromatic nitrogens is 4. The van der Waals surface area contributed by atoms with Crippen molar-refractivity contribution >= 4 is 0 Å². The molecule has 0 saturated carbocycles. The highest BCUT2D eigenvalue weighted by Crippen LogP contribution is 2.29. The van der Waals surface area contributed by atoms with Gasteiger partial charge in [0.15, 0.2) is 0 Å². The number of nitrogens with one attached hydrogen (secondary N) is 1. The summed E-state index contributed by atoms with van der Waals surface area (Å²) in [5, 5.41) is 3.44. The highest BCUT2D eigenvalue weighted by molar-refractivity contribution is 5.58. The number of nitrogens with zero attached hydrogens (tertiary/aromatic N) is 4. The normalized spacial score (nSPS) is 19.6. The molecule has 3 heterocycles. The molecule has 19 heavy (non-hydrogen) atoms. The number of aryl methyl sites for hydroxylation is 1. The Bertz CT molecular complexity index is 569. The van der Waals surface area contributed by atoms with Crippen molar-refractivity contribution in [1.29, 1.82) is 0 Å². The Morgan fingerprint density at radius 1 is 1.26 bits per heavy atom. The van der Waals surface area contributed by atoms with Crippen molar-refractivity contribution in [2.45, 2.75) is 25.7 Å². The van der Waals surface area contributed by atoms with Crippen LogP contribution in [0.1, 0.15) is 30.3 Å². The molecule has 0 spiro atoms. The van der Waals surface area contributed by atoms with Gasteiger partial charge in [0.1, 0.15) is 11.5 Å². The molecule has 1 aliphatic rings. The van der Waals surface area contributed by atoms with Crippen LogP contribution in [0.3, 0.4) is 0 Å². The predicted molar refractivity (Wildman–Crippen MR) is 73.8 cm³/mol. The molecule has 1 aliphatic heterocycles. The maximum absolute atomic E-state index is 4.59. The highest BCUT2D eigenvalue weighted by atomic mass is 15.1. The highest BCUT2D eigenvalue weighted by Gasteiger charge is 2.22. The van der Waals surface area contributed by atoms with E-state index >= 15 is 0 Å². The largest absolute Gasteiger partial charge is 0.330 e. The van der Waals surface area contributed by atoms with Gasteiger partial charge in [-0.25, -0.2) is 4.98 Å². The average molecular weight is 257 g/mol. The van der Waals surface area contributed by atoms with Gasteiger partial charge in [0, 0.05) is 31.9 Å². The molecule has 0 unspecified atom stereocenters. The maximum Gasteiger partial charge on any atom is 0.110 e. The monoisotopic (exact) mass is 257 g/mol. The third-order valence-electron chi connectivity index (χ3n) is 3.87. The van der Waals surface area contributed by atoms with E-state index in [1.807, 2.05) is 20.2 Å². The molecule has 5 heteroatoms. The molecular formula is C14H19N5. The lowest BCUT2D eigenvalue weighted by Gasteiger charge is -2.23. The van der Waals surface area contributed by atoms with Gasteiger partial charge in [-0.1, -0.05) is 0 Å². The molecule has 1 fully saturated rings. The molecule has 1 N–H and O–H groups in total. The fourth-order valence-electron chi connectivity index (χ4n) is 2.65. The summed E-state index contributed by atoms with van der Waals surface area (Å²) in [6.45, 7) is 4.10. The van der Waals surface area contributed by atoms with Crippen molar-refractivity contribution in [3.63, 3.8) is 0 Å². The molecule has 1 atom stereocenters. The zero-order chi connectivity index (χ0) is 13.2. The molecule has 0 bridgehead atoms.